The molecule has 0 heterocycles. The number of amides is 1. The first-order chi connectivity index (χ1) is 18.9. The molecule has 0 bridgehead atoms. The topological polar surface area (TPSA) is 113 Å². The van der Waals surface area contributed by atoms with Gasteiger partial charge in [-0.05, 0) is 79.7 Å². The fourth-order valence-electron chi connectivity index (χ4n) is 3.59. The van der Waals surface area contributed by atoms with Gasteiger partial charge in [0.05, 0.1) is 31.2 Å². The lowest BCUT2D eigenvalue weighted by molar-refractivity contribution is -0.114. The summed E-state index contributed by atoms with van der Waals surface area (Å²) in [6, 6.07) is 20.5. The molecular formula is C27H22Cl2FN3O5S2. The number of hydrogen-bond donors (Lipinski definition) is 2. The highest BCUT2D eigenvalue weighted by atomic mass is 35.5. The summed E-state index contributed by atoms with van der Waals surface area (Å²) >= 11 is 12.0. The number of anilines is 3. The maximum atomic E-state index is 13.5. The van der Waals surface area contributed by atoms with Crippen LogP contribution in [0.3, 0.4) is 0 Å². The first-order valence-electron chi connectivity index (χ1n) is 11.6. The molecule has 4 aromatic rings. The van der Waals surface area contributed by atoms with Gasteiger partial charge in [0, 0.05) is 5.69 Å². The summed E-state index contributed by atoms with van der Waals surface area (Å²) in [6.07, 6.45) is 0. The van der Waals surface area contributed by atoms with Gasteiger partial charge in [0.2, 0.25) is 5.91 Å². The largest absolute Gasteiger partial charge is 0.325 e. The zero-order chi connectivity index (χ0) is 29.1. The highest BCUT2D eigenvalue weighted by molar-refractivity contribution is 7.93. The molecule has 0 radical (unpaired) electrons. The van der Waals surface area contributed by atoms with Gasteiger partial charge >= 0.3 is 0 Å². The Morgan fingerprint density at radius 3 is 2.05 bits per heavy atom. The van der Waals surface area contributed by atoms with Gasteiger partial charge in [-0.2, -0.15) is 0 Å². The third kappa shape index (κ3) is 6.73. The van der Waals surface area contributed by atoms with E-state index in [0.717, 1.165) is 22.0 Å². The van der Waals surface area contributed by atoms with Crippen LogP contribution in [0.5, 0.6) is 0 Å². The second kappa shape index (κ2) is 11.8. The molecule has 0 spiro atoms. The normalized spacial score (nSPS) is 11.6. The monoisotopic (exact) mass is 621 g/mol. The molecule has 2 N–H and O–H groups in total. The summed E-state index contributed by atoms with van der Waals surface area (Å²) in [6.45, 7) is 1.18. The van der Waals surface area contributed by atoms with Crippen molar-refractivity contribution >= 4 is 66.2 Å². The lowest BCUT2D eigenvalue weighted by Crippen LogP contribution is -2.38. The van der Waals surface area contributed by atoms with Crippen LogP contribution in [0.1, 0.15) is 5.56 Å². The molecule has 0 saturated heterocycles. The van der Waals surface area contributed by atoms with Crippen LogP contribution in [-0.4, -0.2) is 29.3 Å². The average Bonchev–Trinajstić information content (AvgIpc) is 2.91. The first-order valence-corrected chi connectivity index (χ1v) is 15.3. The molecule has 0 aliphatic heterocycles. The molecule has 40 heavy (non-hydrogen) atoms. The van der Waals surface area contributed by atoms with E-state index < -0.39 is 38.3 Å². The minimum atomic E-state index is -4.19. The van der Waals surface area contributed by atoms with Gasteiger partial charge in [0.1, 0.15) is 12.4 Å². The number of carbonyl (C=O) groups is 1. The highest BCUT2D eigenvalue weighted by Crippen LogP contribution is 2.31. The zero-order valence-electron chi connectivity index (χ0n) is 20.8. The van der Waals surface area contributed by atoms with Crippen LogP contribution in [0.2, 0.25) is 10.0 Å². The van der Waals surface area contributed by atoms with Gasteiger partial charge in [0.25, 0.3) is 20.0 Å². The molecule has 13 heteroatoms. The van der Waals surface area contributed by atoms with E-state index in [0.29, 0.717) is 0 Å². The molecule has 1 amide bonds. The number of sulfonamides is 2. The third-order valence-corrected chi connectivity index (χ3v) is 9.64. The fraction of sp³-hybridized carbons (Fsp3) is 0.0741. The van der Waals surface area contributed by atoms with Crippen molar-refractivity contribution < 1.29 is 26.0 Å². The number of benzene rings is 4. The van der Waals surface area contributed by atoms with E-state index in [4.69, 9.17) is 23.2 Å². The SMILES string of the molecule is Cc1ccc(S(=O)(=O)N(CC(=O)Nc2ccc(S(=O)(=O)Nc3cccc(Cl)c3Cl)cc2)c2ccc(F)cc2)cc1. The molecule has 0 atom stereocenters. The summed E-state index contributed by atoms with van der Waals surface area (Å²) < 4.78 is 69.2. The summed E-state index contributed by atoms with van der Waals surface area (Å²) in [5.41, 5.74) is 1.25. The second-order valence-electron chi connectivity index (χ2n) is 8.58. The molecule has 0 aromatic heterocycles. The van der Waals surface area contributed by atoms with E-state index >= 15 is 0 Å². The van der Waals surface area contributed by atoms with Crippen molar-refractivity contribution in [2.45, 2.75) is 16.7 Å². The van der Waals surface area contributed by atoms with Crippen LogP contribution in [0.4, 0.5) is 21.5 Å². The van der Waals surface area contributed by atoms with E-state index in [2.05, 4.69) is 10.0 Å². The maximum Gasteiger partial charge on any atom is 0.264 e. The van der Waals surface area contributed by atoms with Crippen LogP contribution in [0, 0.1) is 12.7 Å². The van der Waals surface area contributed by atoms with Crippen molar-refractivity contribution in [3.8, 4) is 0 Å². The Morgan fingerprint density at radius 1 is 0.825 bits per heavy atom. The van der Waals surface area contributed by atoms with Crippen molar-refractivity contribution in [3.63, 3.8) is 0 Å². The number of nitrogens with zero attached hydrogens (tertiary/aromatic N) is 1. The summed E-state index contributed by atoms with van der Waals surface area (Å²) in [7, 11) is -8.22. The maximum absolute atomic E-state index is 13.5. The molecule has 0 aliphatic rings. The quantitative estimate of drug-likeness (QED) is 0.235. The lowest BCUT2D eigenvalue weighted by Gasteiger charge is -2.24. The molecule has 0 fully saturated rings. The van der Waals surface area contributed by atoms with Gasteiger partial charge in [-0.3, -0.25) is 13.8 Å². The fourth-order valence-corrected chi connectivity index (χ4v) is 6.49. The van der Waals surface area contributed by atoms with Gasteiger partial charge in [-0.15, -0.1) is 0 Å². The van der Waals surface area contributed by atoms with Gasteiger partial charge in [-0.25, -0.2) is 21.2 Å². The van der Waals surface area contributed by atoms with Crippen molar-refractivity contribution in [1.29, 1.82) is 0 Å². The first kappa shape index (κ1) is 29.3. The van der Waals surface area contributed by atoms with Crippen molar-refractivity contribution in [2.75, 3.05) is 20.9 Å². The Bertz CT molecular complexity index is 1750. The van der Waals surface area contributed by atoms with E-state index in [-0.39, 0.29) is 36.9 Å². The summed E-state index contributed by atoms with van der Waals surface area (Å²) in [5, 5.41) is 2.78. The number of halogens is 3. The van der Waals surface area contributed by atoms with Gasteiger partial charge < -0.3 is 5.32 Å². The molecule has 208 valence electrons. The Morgan fingerprint density at radius 2 is 1.43 bits per heavy atom. The number of aryl methyl sites for hydroxylation is 1. The molecule has 4 aromatic carbocycles. The van der Waals surface area contributed by atoms with Crippen molar-refractivity contribution in [3.05, 3.63) is 112 Å². The van der Waals surface area contributed by atoms with E-state index in [1.54, 1.807) is 25.1 Å². The minimum absolute atomic E-state index is 0.0444. The second-order valence-corrected chi connectivity index (χ2v) is 12.9. The molecule has 4 rings (SSSR count). The Hall–Kier alpha value is -3.64. The van der Waals surface area contributed by atoms with Crippen LogP contribution in [0.15, 0.2) is 101 Å². The lowest BCUT2D eigenvalue weighted by atomic mass is 10.2. The van der Waals surface area contributed by atoms with Crippen LogP contribution < -0.4 is 14.3 Å². The molecule has 0 unspecified atom stereocenters. The standard InChI is InChI=1S/C27H22Cl2FN3O5S2/c1-18-5-13-23(14-6-18)40(37,38)33(21-11-7-19(30)8-12-21)17-26(34)31-20-9-15-22(16-10-20)39(35,36)32-25-4-2-3-24(28)27(25)29/h2-16,32H,17H2,1H3,(H,31,34). The third-order valence-electron chi connectivity index (χ3n) is 5.66. The highest BCUT2D eigenvalue weighted by Gasteiger charge is 2.27. The van der Waals surface area contributed by atoms with Gasteiger partial charge in [0.15, 0.2) is 0 Å². The van der Waals surface area contributed by atoms with Crippen LogP contribution >= 0.6 is 23.2 Å². The average molecular weight is 623 g/mol. The minimum Gasteiger partial charge on any atom is -0.325 e. The molecule has 8 nitrogen and oxygen atoms in total. The van der Waals surface area contributed by atoms with E-state index in [9.17, 15) is 26.0 Å². The molecule has 0 saturated carbocycles. The predicted molar refractivity (Wildman–Crippen MR) is 154 cm³/mol. The van der Waals surface area contributed by atoms with Gasteiger partial charge in [-0.1, -0.05) is 47.0 Å². The Labute approximate surface area is 241 Å². The summed E-state index contributed by atoms with van der Waals surface area (Å²) in [5.74, 6) is -1.28. The number of carbonyl (C=O) groups excluding carboxylic acids is 1. The van der Waals surface area contributed by atoms with Crippen molar-refractivity contribution in [2.24, 2.45) is 0 Å². The number of rotatable bonds is 9. The molecule has 0 aliphatic carbocycles. The Kier molecular flexibility index (Phi) is 8.69. The summed E-state index contributed by atoms with van der Waals surface area (Å²) in [4.78, 5) is 12.8. The smallest absolute Gasteiger partial charge is 0.264 e. The zero-order valence-corrected chi connectivity index (χ0v) is 24.0. The molecular weight excluding hydrogens is 600 g/mol. The Balaban J connectivity index is 1.53. The number of nitrogens with one attached hydrogen (secondary N) is 2. The van der Waals surface area contributed by atoms with E-state index in [1.807, 2.05) is 0 Å². The van der Waals surface area contributed by atoms with Crippen LogP contribution in [0.25, 0.3) is 0 Å². The van der Waals surface area contributed by atoms with Crippen LogP contribution in [-0.2, 0) is 24.8 Å². The number of hydrogen-bond acceptors (Lipinski definition) is 5. The van der Waals surface area contributed by atoms with E-state index in [1.165, 1.54) is 60.7 Å². The van der Waals surface area contributed by atoms with Crippen molar-refractivity contribution in [1.82, 2.24) is 0 Å². The predicted octanol–water partition coefficient (Wildman–Crippen LogP) is 6.08.